The van der Waals surface area contributed by atoms with Crippen LogP contribution in [0.5, 0.6) is 0 Å². The Hall–Kier alpha value is -1.84. The highest BCUT2D eigenvalue weighted by Crippen LogP contribution is 2.59. The molecule has 4 rings (SSSR count). The lowest BCUT2D eigenvalue weighted by Gasteiger charge is -2.54. The van der Waals surface area contributed by atoms with Gasteiger partial charge in [-0.1, -0.05) is 37.1 Å². The van der Waals surface area contributed by atoms with E-state index in [9.17, 15) is 9.59 Å². The van der Waals surface area contributed by atoms with E-state index in [4.69, 9.17) is 9.47 Å². The molecular weight excluding hydrogens is 340 g/mol. The lowest BCUT2D eigenvalue weighted by molar-refractivity contribution is -0.181. The molecule has 3 aliphatic rings. The van der Waals surface area contributed by atoms with Crippen LogP contribution in [0.2, 0.25) is 0 Å². The molecule has 1 aromatic rings. The quantitative estimate of drug-likeness (QED) is 0.587. The molecule has 0 spiro atoms. The van der Waals surface area contributed by atoms with Gasteiger partial charge in [-0.05, 0) is 74.3 Å². The highest BCUT2D eigenvalue weighted by molar-refractivity contribution is 6.00. The Morgan fingerprint density at radius 2 is 1.67 bits per heavy atom. The third kappa shape index (κ3) is 2.97. The topological polar surface area (TPSA) is 52.6 Å². The van der Waals surface area contributed by atoms with Crippen LogP contribution in [0.15, 0.2) is 24.3 Å². The Morgan fingerprint density at radius 1 is 1.00 bits per heavy atom. The van der Waals surface area contributed by atoms with Crippen LogP contribution in [0.1, 0.15) is 63.0 Å². The van der Waals surface area contributed by atoms with Gasteiger partial charge in [-0.3, -0.25) is 9.59 Å². The van der Waals surface area contributed by atoms with Gasteiger partial charge in [-0.2, -0.15) is 0 Å². The lowest BCUT2D eigenvalue weighted by Crippen LogP contribution is -2.53. The van der Waals surface area contributed by atoms with E-state index in [0.29, 0.717) is 49.7 Å². The smallest absolute Gasteiger partial charge is 0.323 e. The zero-order chi connectivity index (χ0) is 19.0. The molecule has 146 valence electrons. The highest BCUT2D eigenvalue weighted by atomic mass is 16.6. The minimum absolute atomic E-state index is 0.296. The van der Waals surface area contributed by atoms with E-state index >= 15 is 0 Å². The first-order valence-electron chi connectivity index (χ1n) is 10.5. The molecule has 4 heteroatoms. The molecule has 27 heavy (non-hydrogen) atoms. The zero-order valence-corrected chi connectivity index (χ0v) is 16.4. The second-order valence-corrected chi connectivity index (χ2v) is 8.47. The summed E-state index contributed by atoms with van der Waals surface area (Å²) in [6.07, 6.45) is 5.59. The Balaban J connectivity index is 1.73. The molecule has 4 atom stereocenters. The summed E-state index contributed by atoms with van der Waals surface area (Å²) in [4.78, 5) is 26.0. The van der Waals surface area contributed by atoms with Crippen molar-refractivity contribution in [2.45, 2.75) is 58.3 Å². The summed E-state index contributed by atoms with van der Waals surface area (Å²) in [7, 11) is 0. The van der Waals surface area contributed by atoms with Crippen molar-refractivity contribution in [3.05, 3.63) is 35.4 Å². The normalized spacial score (nSPS) is 30.6. The number of fused-ring (bicyclic) bond motifs is 2. The highest BCUT2D eigenvalue weighted by Gasteiger charge is 2.59. The first-order valence-corrected chi connectivity index (χ1v) is 10.5. The second-order valence-electron chi connectivity index (χ2n) is 8.47. The molecule has 0 aliphatic heterocycles. The summed E-state index contributed by atoms with van der Waals surface area (Å²) >= 11 is 0. The number of hydrogen-bond acceptors (Lipinski definition) is 4. The van der Waals surface area contributed by atoms with E-state index in [1.165, 1.54) is 17.5 Å². The molecule has 4 nitrogen and oxygen atoms in total. The first kappa shape index (κ1) is 18.5. The van der Waals surface area contributed by atoms with Crippen LogP contribution in [0.4, 0.5) is 0 Å². The van der Waals surface area contributed by atoms with Crippen LogP contribution >= 0.6 is 0 Å². The third-order valence-corrected chi connectivity index (χ3v) is 7.13. The molecule has 1 aromatic carbocycles. The van der Waals surface area contributed by atoms with Crippen molar-refractivity contribution in [3.63, 3.8) is 0 Å². The largest absolute Gasteiger partial charge is 0.465 e. The summed E-state index contributed by atoms with van der Waals surface area (Å²) in [5.74, 6) is 1.14. The van der Waals surface area contributed by atoms with Crippen LogP contribution in [-0.2, 0) is 25.5 Å². The van der Waals surface area contributed by atoms with Crippen molar-refractivity contribution < 1.29 is 19.1 Å². The average Bonchev–Trinajstić information content (AvgIpc) is 2.68. The van der Waals surface area contributed by atoms with E-state index in [2.05, 4.69) is 24.3 Å². The Labute approximate surface area is 161 Å². The maximum atomic E-state index is 13.0. The van der Waals surface area contributed by atoms with Crippen molar-refractivity contribution >= 4 is 11.9 Å². The van der Waals surface area contributed by atoms with Crippen LogP contribution in [0.25, 0.3) is 0 Å². The standard InChI is InChI=1S/C23H30O4/c1-3-26-21(24)23(22(25)27-4-2)13-16-9-7-11-19-18-10-6-5-8-15(18)12-17(14-23)20(16)19/h5-6,8,10,16-17,19-20H,3-4,7,9,11-14H2,1-2H3/t16-,17?,19-,20+/m0/s1. The van der Waals surface area contributed by atoms with Crippen LogP contribution in [0, 0.1) is 23.2 Å². The number of ether oxygens (including phenoxy) is 2. The molecule has 1 unspecified atom stereocenters. The number of hydrogen-bond donors (Lipinski definition) is 0. The van der Waals surface area contributed by atoms with Crippen molar-refractivity contribution in [3.8, 4) is 0 Å². The van der Waals surface area contributed by atoms with Gasteiger partial charge in [0.1, 0.15) is 0 Å². The van der Waals surface area contributed by atoms with Gasteiger partial charge in [0.25, 0.3) is 0 Å². The van der Waals surface area contributed by atoms with Gasteiger partial charge in [0.05, 0.1) is 13.2 Å². The van der Waals surface area contributed by atoms with Gasteiger partial charge < -0.3 is 9.47 Å². The number of carbonyl (C=O) groups is 2. The van der Waals surface area contributed by atoms with E-state index < -0.39 is 5.41 Å². The van der Waals surface area contributed by atoms with Crippen LogP contribution in [-0.4, -0.2) is 25.2 Å². The fourth-order valence-electron chi connectivity index (χ4n) is 6.27. The summed E-state index contributed by atoms with van der Waals surface area (Å²) < 4.78 is 10.8. The summed E-state index contributed by atoms with van der Waals surface area (Å²) in [6, 6.07) is 8.76. The fraction of sp³-hybridized carbons (Fsp3) is 0.652. The van der Waals surface area contributed by atoms with Crippen LogP contribution in [0.3, 0.4) is 0 Å². The van der Waals surface area contributed by atoms with Crippen molar-refractivity contribution in [1.82, 2.24) is 0 Å². The number of benzene rings is 1. The minimum atomic E-state index is -1.12. The summed E-state index contributed by atoms with van der Waals surface area (Å²) in [6.45, 7) is 4.19. The molecule has 2 saturated carbocycles. The third-order valence-electron chi connectivity index (χ3n) is 7.13. The van der Waals surface area contributed by atoms with E-state index in [1.807, 2.05) is 0 Å². The molecule has 0 aromatic heterocycles. The molecule has 0 bridgehead atoms. The molecule has 0 radical (unpaired) electrons. The lowest BCUT2D eigenvalue weighted by atomic mass is 9.50. The van der Waals surface area contributed by atoms with Gasteiger partial charge in [0.2, 0.25) is 0 Å². The first-order chi connectivity index (χ1) is 13.1. The average molecular weight is 370 g/mol. The molecule has 2 fully saturated rings. The van der Waals surface area contributed by atoms with E-state index in [-0.39, 0.29) is 11.9 Å². The number of esters is 2. The molecule has 0 saturated heterocycles. The zero-order valence-electron chi connectivity index (χ0n) is 16.4. The van der Waals surface area contributed by atoms with Crippen molar-refractivity contribution in [2.24, 2.45) is 23.2 Å². The minimum Gasteiger partial charge on any atom is -0.465 e. The summed E-state index contributed by atoms with van der Waals surface area (Å²) in [5.41, 5.74) is 1.78. The Bertz CT molecular complexity index is 707. The van der Waals surface area contributed by atoms with Crippen molar-refractivity contribution in [2.75, 3.05) is 13.2 Å². The predicted molar refractivity (Wildman–Crippen MR) is 102 cm³/mol. The summed E-state index contributed by atoms with van der Waals surface area (Å²) in [5, 5.41) is 0. The van der Waals surface area contributed by atoms with Gasteiger partial charge in [-0.25, -0.2) is 0 Å². The Kier molecular flexibility index (Phi) is 5.00. The van der Waals surface area contributed by atoms with Gasteiger partial charge in [0, 0.05) is 0 Å². The van der Waals surface area contributed by atoms with Gasteiger partial charge in [-0.15, -0.1) is 0 Å². The molecule has 0 N–H and O–H groups in total. The molecular formula is C23H30O4. The molecule has 3 aliphatic carbocycles. The second kappa shape index (κ2) is 7.29. The van der Waals surface area contributed by atoms with Gasteiger partial charge in [0.15, 0.2) is 5.41 Å². The SMILES string of the molecule is CCOC(=O)C1(C(=O)OCC)CC2Cc3ccccc3[C@@H]3CCC[C@@H](C1)[C@H]23. The van der Waals surface area contributed by atoms with E-state index in [0.717, 1.165) is 19.3 Å². The van der Waals surface area contributed by atoms with E-state index in [1.54, 1.807) is 13.8 Å². The van der Waals surface area contributed by atoms with Gasteiger partial charge >= 0.3 is 11.9 Å². The fourth-order valence-corrected chi connectivity index (χ4v) is 6.27. The monoisotopic (exact) mass is 370 g/mol. The Morgan fingerprint density at radius 3 is 2.37 bits per heavy atom. The van der Waals surface area contributed by atoms with Crippen LogP contribution < -0.4 is 0 Å². The predicted octanol–water partition coefficient (Wildman–Crippen LogP) is 4.27. The number of carbonyl (C=O) groups excluding carboxylic acids is 2. The number of rotatable bonds is 4. The van der Waals surface area contributed by atoms with Crippen molar-refractivity contribution in [1.29, 1.82) is 0 Å². The molecule has 0 amide bonds. The molecule has 0 heterocycles. The maximum Gasteiger partial charge on any atom is 0.323 e. The maximum absolute atomic E-state index is 13.0.